The number of nitrogens with zero attached hydrogens (tertiary/aromatic N) is 2. The second kappa shape index (κ2) is 5.71. The van der Waals surface area contributed by atoms with Gasteiger partial charge in [-0.05, 0) is 26.8 Å². The number of halogens is 2. The lowest BCUT2D eigenvalue weighted by molar-refractivity contribution is 0.448. The van der Waals surface area contributed by atoms with Crippen LogP contribution >= 0.6 is 0 Å². The highest BCUT2D eigenvalue weighted by atomic mass is 19.2. The van der Waals surface area contributed by atoms with E-state index < -0.39 is 11.6 Å². The highest BCUT2D eigenvalue weighted by Gasteiger charge is 2.18. The smallest absolute Gasteiger partial charge is 0.163 e. The molecule has 1 heterocycles. The molecule has 0 saturated heterocycles. The summed E-state index contributed by atoms with van der Waals surface area (Å²) in [5.41, 5.74) is 2.44. The van der Waals surface area contributed by atoms with Crippen LogP contribution in [0.1, 0.15) is 42.8 Å². The summed E-state index contributed by atoms with van der Waals surface area (Å²) in [6.07, 6.45) is 1.79. The van der Waals surface area contributed by atoms with Gasteiger partial charge in [-0.2, -0.15) is 5.10 Å². The molecule has 0 aliphatic rings. The molecule has 0 spiro atoms. The quantitative estimate of drug-likeness (QED) is 0.929. The van der Waals surface area contributed by atoms with E-state index in [1.807, 2.05) is 27.8 Å². The van der Waals surface area contributed by atoms with Gasteiger partial charge >= 0.3 is 0 Å². The fourth-order valence-corrected chi connectivity index (χ4v) is 2.35. The van der Waals surface area contributed by atoms with E-state index in [0.717, 1.165) is 17.3 Å². The molecule has 1 aromatic heterocycles. The lowest BCUT2D eigenvalue weighted by Gasteiger charge is -2.21. The zero-order valence-corrected chi connectivity index (χ0v) is 12.1. The van der Waals surface area contributed by atoms with Crippen molar-refractivity contribution in [3.63, 3.8) is 0 Å². The van der Waals surface area contributed by atoms with Crippen molar-refractivity contribution in [2.45, 2.75) is 32.9 Å². The highest BCUT2D eigenvalue weighted by molar-refractivity contribution is 5.24. The third-order valence-corrected chi connectivity index (χ3v) is 3.69. The Morgan fingerprint density at radius 3 is 2.40 bits per heavy atom. The average Bonchev–Trinajstić information content (AvgIpc) is 2.73. The molecule has 2 rings (SSSR count). The van der Waals surface area contributed by atoms with E-state index in [4.69, 9.17) is 0 Å². The Labute approximate surface area is 117 Å². The zero-order chi connectivity index (χ0) is 14.9. The predicted molar refractivity (Wildman–Crippen MR) is 74.3 cm³/mol. The summed E-state index contributed by atoms with van der Waals surface area (Å²) >= 11 is 0. The molecule has 0 saturated carbocycles. The summed E-state index contributed by atoms with van der Waals surface area (Å²) in [4.78, 5) is 0. The van der Waals surface area contributed by atoms with Gasteiger partial charge in [-0.1, -0.05) is 12.1 Å². The molecule has 3 nitrogen and oxygen atoms in total. The van der Waals surface area contributed by atoms with Gasteiger partial charge in [0.25, 0.3) is 0 Å². The molecule has 0 amide bonds. The summed E-state index contributed by atoms with van der Waals surface area (Å²) < 4.78 is 28.8. The van der Waals surface area contributed by atoms with Gasteiger partial charge in [0, 0.05) is 36.0 Å². The number of nitrogens with one attached hydrogen (secondary N) is 1. The van der Waals surface area contributed by atoms with Gasteiger partial charge in [0.2, 0.25) is 0 Å². The topological polar surface area (TPSA) is 29.9 Å². The van der Waals surface area contributed by atoms with E-state index in [0.29, 0.717) is 5.56 Å². The lowest BCUT2D eigenvalue weighted by Crippen LogP contribution is -2.24. The van der Waals surface area contributed by atoms with Crippen LogP contribution in [0.2, 0.25) is 0 Å². The first-order valence-corrected chi connectivity index (χ1v) is 6.60. The first kappa shape index (κ1) is 14.7. The summed E-state index contributed by atoms with van der Waals surface area (Å²) in [6.45, 7) is 5.78. The van der Waals surface area contributed by atoms with E-state index in [9.17, 15) is 8.78 Å². The predicted octanol–water partition coefficient (Wildman–Crippen LogP) is 3.42. The van der Waals surface area contributed by atoms with Crippen LogP contribution in [0.15, 0.2) is 24.4 Å². The van der Waals surface area contributed by atoms with E-state index in [1.54, 1.807) is 16.9 Å². The third kappa shape index (κ3) is 2.72. The number of aryl methyl sites for hydroxylation is 1. The van der Waals surface area contributed by atoms with Crippen molar-refractivity contribution in [2.75, 3.05) is 0 Å². The van der Waals surface area contributed by atoms with Gasteiger partial charge in [-0.3, -0.25) is 4.68 Å². The van der Waals surface area contributed by atoms with Crippen molar-refractivity contribution in [2.24, 2.45) is 7.05 Å². The van der Waals surface area contributed by atoms with Gasteiger partial charge in [0.15, 0.2) is 11.6 Å². The van der Waals surface area contributed by atoms with Crippen molar-refractivity contribution < 1.29 is 8.78 Å². The normalized spacial score (nSPS) is 14.3. The lowest BCUT2D eigenvalue weighted by atomic mass is 10.0. The van der Waals surface area contributed by atoms with Crippen molar-refractivity contribution in [3.8, 4) is 0 Å². The van der Waals surface area contributed by atoms with E-state index >= 15 is 0 Å². The average molecular weight is 279 g/mol. The van der Waals surface area contributed by atoms with Crippen LogP contribution < -0.4 is 5.32 Å². The van der Waals surface area contributed by atoms with Gasteiger partial charge in [-0.15, -0.1) is 0 Å². The Balaban J connectivity index is 2.17. The molecule has 2 atom stereocenters. The molecule has 0 aliphatic carbocycles. The van der Waals surface area contributed by atoms with Crippen molar-refractivity contribution in [3.05, 3.63) is 52.9 Å². The Morgan fingerprint density at radius 1 is 1.15 bits per heavy atom. The van der Waals surface area contributed by atoms with Crippen LogP contribution in [0.5, 0.6) is 0 Å². The molecule has 108 valence electrons. The maximum Gasteiger partial charge on any atom is 0.163 e. The molecule has 0 aliphatic heterocycles. The monoisotopic (exact) mass is 279 g/mol. The summed E-state index contributed by atoms with van der Waals surface area (Å²) in [7, 11) is 1.88. The molecule has 0 radical (unpaired) electrons. The Bertz CT molecular complexity index is 607. The van der Waals surface area contributed by atoms with Crippen molar-refractivity contribution in [1.82, 2.24) is 15.1 Å². The van der Waals surface area contributed by atoms with Gasteiger partial charge in [0.1, 0.15) is 0 Å². The molecule has 0 bridgehead atoms. The molecule has 2 unspecified atom stereocenters. The number of hydrogen-bond acceptors (Lipinski definition) is 2. The first-order valence-electron chi connectivity index (χ1n) is 6.60. The minimum Gasteiger partial charge on any atom is -0.303 e. The SMILES string of the molecule is Cc1c(C(C)NC(C)c2cccc(F)c2F)cnn1C. The fraction of sp³-hybridized carbons (Fsp3) is 0.400. The Hall–Kier alpha value is -1.75. The molecule has 1 aromatic carbocycles. The van der Waals surface area contributed by atoms with E-state index in [-0.39, 0.29) is 12.1 Å². The van der Waals surface area contributed by atoms with Crippen LogP contribution in [0.4, 0.5) is 8.78 Å². The van der Waals surface area contributed by atoms with E-state index in [1.165, 1.54) is 6.07 Å². The number of hydrogen-bond donors (Lipinski definition) is 1. The fourth-order valence-electron chi connectivity index (χ4n) is 2.35. The van der Waals surface area contributed by atoms with Gasteiger partial charge in [0.05, 0.1) is 6.20 Å². The largest absolute Gasteiger partial charge is 0.303 e. The Kier molecular flexibility index (Phi) is 4.18. The van der Waals surface area contributed by atoms with Crippen LogP contribution in [0.3, 0.4) is 0 Å². The van der Waals surface area contributed by atoms with Crippen LogP contribution in [0, 0.1) is 18.6 Å². The summed E-state index contributed by atoms with van der Waals surface area (Å²) in [6, 6.07) is 3.95. The Morgan fingerprint density at radius 2 is 1.80 bits per heavy atom. The maximum atomic E-state index is 13.8. The zero-order valence-electron chi connectivity index (χ0n) is 12.1. The van der Waals surface area contributed by atoms with Gasteiger partial charge in [-0.25, -0.2) is 8.78 Å². The van der Waals surface area contributed by atoms with Gasteiger partial charge < -0.3 is 5.32 Å². The van der Waals surface area contributed by atoms with Crippen molar-refractivity contribution in [1.29, 1.82) is 0 Å². The molecular formula is C15H19F2N3. The number of benzene rings is 1. The third-order valence-electron chi connectivity index (χ3n) is 3.69. The van der Waals surface area contributed by atoms with Crippen LogP contribution in [-0.2, 0) is 7.05 Å². The maximum absolute atomic E-state index is 13.8. The number of aromatic nitrogens is 2. The van der Waals surface area contributed by atoms with E-state index in [2.05, 4.69) is 10.4 Å². The van der Waals surface area contributed by atoms with Crippen LogP contribution in [-0.4, -0.2) is 9.78 Å². The molecule has 20 heavy (non-hydrogen) atoms. The standard InChI is InChI=1S/C15H19F2N3/c1-9(12-6-5-7-14(16)15(12)17)19-10(2)13-8-18-20(4)11(13)3/h5-10,19H,1-4H3. The van der Waals surface area contributed by atoms with Crippen LogP contribution in [0.25, 0.3) is 0 Å². The molecule has 1 N–H and O–H groups in total. The number of rotatable bonds is 4. The molecular weight excluding hydrogens is 260 g/mol. The minimum absolute atomic E-state index is 0.00127. The second-order valence-electron chi connectivity index (χ2n) is 5.06. The molecule has 0 fully saturated rings. The minimum atomic E-state index is -0.818. The van der Waals surface area contributed by atoms with Crippen molar-refractivity contribution >= 4 is 0 Å². The summed E-state index contributed by atoms with van der Waals surface area (Å²) in [5, 5.41) is 7.47. The second-order valence-corrected chi connectivity index (χ2v) is 5.06. The molecule has 2 aromatic rings. The molecule has 5 heteroatoms. The highest BCUT2D eigenvalue weighted by Crippen LogP contribution is 2.23. The first-order chi connectivity index (χ1) is 9.41. The summed E-state index contributed by atoms with van der Waals surface area (Å²) in [5.74, 6) is -1.61.